The van der Waals surface area contributed by atoms with Gasteiger partial charge in [0.1, 0.15) is 0 Å². The number of hydrogen-bond acceptors (Lipinski definition) is 4. The van der Waals surface area contributed by atoms with Gasteiger partial charge in [0, 0.05) is 17.7 Å². The summed E-state index contributed by atoms with van der Waals surface area (Å²) in [5, 5.41) is 15.2. The minimum absolute atomic E-state index is 0.136. The van der Waals surface area contributed by atoms with Crippen molar-refractivity contribution in [2.45, 2.75) is 51.0 Å². The lowest BCUT2D eigenvalue weighted by molar-refractivity contribution is -0.117. The van der Waals surface area contributed by atoms with Gasteiger partial charge in [-0.1, -0.05) is 18.6 Å². The van der Waals surface area contributed by atoms with Crippen LogP contribution in [-0.4, -0.2) is 26.1 Å². The summed E-state index contributed by atoms with van der Waals surface area (Å²) in [5.74, 6) is 3.17. The van der Waals surface area contributed by atoms with Crippen molar-refractivity contribution in [1.82, 2.24) is 20.2 Å². The van der Waals surface area contributed by atoms with E-state index in [1.54, 1.807) is 0 Å². The van der Waals surface area contributed by atoms with Crippen LogP contribution in [-0.2, 0) is 4.79 Å². The van der Waals surface area contributed by atoms with Gasteiger partial charge in [-0.15, -0.1) is 5.10 Å². The van der Waals surface area contributed by atoms with Crippen LogP contribution in [0.25, 0.3) is 11.4 Å². The van der Waals surface area contributed by atoms with Gasteiger partial charge in [-0.3, -0.25) is 4.79 Å². The van der Waals surface area contributed by atoms with E-state index in [1.807, 2.05) is 28.9 Å². The van der Waals surface area contributed by atoms with E-state index in [0.717, 1.165) is 41.8 Å². The quantitative estimate of drug-likeness (QED) is 0.907. The van der Waals surface area contributed by atoms with Gasteiger partial charge >= 0.3 is 0 Å². The van der Waals surface area contributed by atoms with Crippen LogP contribution in [0, 0.1) is 17.8 Å². The molecule has 3 fully saturated rings. The van der Waals surface area contributed by atoms with Crippen molar-refractivity contribution in [3.63, 3.8) is 0 Å². The Labute approximate surface area is 147 Å². The van der Waals surface area contributed by atoms with Crippen LogP contribution in [0.15, 0.2) is 24.3 Å². The molecule has 3 aliphatic rings. The highest BCUT2D eigenvalue weighted by atomic mass is 16.1. The van der Waals surface area contributed by atoms with Crippen molar-refractivity contribution in [2.24, 2.45) is 17.8 Å². The number of nitrogens with zero attached hydrogens (tertiary/aromatic N) is 4. The molecule has 1 amide bonds. The first-order valence-corrected chi connectivity index (χ1v) is 9.44. The van der Waals surface area contributed by atoms with E-state index in [0.29, 0.717) is 18.4 Å². The van der Waals surface area contributed by atoms with Gasteiger partial charge in [-0.25, -0.2) is 4.68 Å². The summed E-state index contributed by atoms with van der Waals surface area (Å²) < 4.78 is 1.90. The lowest BCUT2D eigenvalue weighted by Crippen LogP contribution is -2.20. The van der Waals surface area contributed by atoms with Crippen molar-refractivity contribution in [3.8, 4) is 11.4 Å². The molecule has 0 aliphatic heterocycles. The maximum absolute atomic E-state index is 12.5. The molecule has 6 nitrogen and oxygen atoms in total. The Morgan fingerprint density at radius 2 is 2.12 bits per heavy atom. The Kier molecular flexibility index (Phi) is 3.57. The predicted molar refractivity (Wildman–Crippen MR) is 93.7 cm³/mol. The van der Waals surface area contributed by atoms with E-state index in [9.17, 15) is 4.79 Å². The van der Waals surface area contributed by atoms with Crippen molar-refractivity contribution in [3.05, 3.63) is 24.3 Å². The highest BCUT2D eigenvalue weighted by Crippen LogP contribution is 2.49. The fraction of sp³-hybridized carbons (Fsp3) is 0.579. The molecule has 1 heterocycles. The second kappa shape index (κ2) is 5.93. The number of carbonyl (C=O) groups excluding carboxylic acids is 1. The monoisotopic (exact) mass is 337 g/mol. The zero-order valence-corrected chi connectivity index (χ0v) is 14.3. The predicted octanol–water partition coefficient (Wildman–Crippen LogP) is 3.44. The van der Waals surface area contributed by atoms with Crippen molar-refractivity contribution >= 4 is 11.6 Å². The second-order valence-electron chi connectivity index (χ2n) is 7.95. The molecule has 1 aromatic carbocycles. The largest absolute Gasteiger partial charge is 0.326 e. The second-order valence-corrected chi connectivity index (χ2v) is 7.95. The van der Waals surface area contributed by atoms with Gasteiger partial charge in [0.25, 0.3) is 0 Å². The van der Waals surface area contributed by atoms with E-state index >= 15 is 0 Å². The van der Waals surface area contributed by atoms with Crippen LogP contribution in [0.1, 0.15) is 51.0 Å². The lowest BCUT2D eigenvalue weighted by Gasteiger charge is -2.20. The third-order valence-electron chi connectivity index (χ3n) is 6.12. The number of carbonyl (C=O) groups is 1. The number of nitrogens with one attached hydrogen (secondary N) is 1. The number of tetrazole rings is 1. The first kappa shape index (κ1) is 15.0. The SMILES string of the molecule is O=C(C[C@@H]1C[C@H]2CC[C@H]1C2)Nc1cccc(-c2nnnn2C2CC2)c1. The zero-order valence-electron chi connectivity index (χ0n) is 14.3. The molecular weight excluding hydrogens is 314 g/mol. The molecule has 1 aromatic heterocycles. The molecule has 0 saturated heterocycles. The molecule has 3 aliphatic carbocycles. The average molecular weight is 337 g/mol. The summed E-state index contributed by atoms with van der Waals surface area (Å²) in [6.07, 6.45) is 8.22. The Morgan fingerprint density at radius 1 is 1.20 bits per heavy atom. The summed E-state index contributed by atoms with van der Waals surface area (Å²) in [7, 11) is 0. The molecule has 3 atom stereocenters. The summed E-state index contributed by atoms with van der Waals surface area (Å²) in [4.78, 5) is 12.5. The van der Waals surface area contributed by atoms with Gasteiger partial charge in [-0.05, 0) is 72.4 Å². The van der Waals surface area contributed by atoms with Gasteiger partial charge in [-0.2, -0.15) is 0 Å². The maximum Gasteiger partial charge on any atom is 0.224 e. The fourth-order valence-electron chi connectivity index (χ4n) is 4.76. The molecule has 6 heteroatoms. The van der Waals surface area contributed by atoms with Crippen LogP contribution in [0.4, 0.5) is 5.69 Å². The van der Waals surface area contributed by atoms with E-state index in [2.05, 4.69) is 20.8 Å². The summed E-state index contributed by atoms with van der Waals surface area (Å²) in [5.41, 5.74) is 1.78. The smallest absolute Gasteiger partial charge is 0.224 e. The van der Waals surface area contributed by atoms with E-state index in [4.69, 9.17) is 0 Å². The lowest BCUT2D eigenvalue weighted by atomic mass is 9.86. The Bertz CT molecular complexity index is 797. The standard InChI is InChI=1S/C19H23N5O/c25-18(11-15-9-12-4-5-13(15)8-12)20-16-3-1-2-14(10-16)19-21-22-23-24(19)17-6-7-17/h1-3,10,12-13,15,17H,4-9,11H2,(H,20,25)/t12-,13-,15-/m0/s1. The van der Waals surface area contributed by atoms with E-state index in [1.165, 1.54) is 25.7 Å². The number of amides is 1. The molecular formula is C19H23N5O. The minimum Gasteiger partial charge on any atom is -0.326 e. The molecule has 0 unspecified atom stereocenters. The number of rotatable bonds is 5. The van der Waals surface area contributed by atoms with Crippen molar-refractivity contribution < 1.29 is 4.79 Å². The fourth-order valence-corrected chi connectivity index (χ4v) is 4.76. The highest BCUT2D eigenvalue weighted by molar-refractivity contribution is 5.91. The van der Waals surface area contributed by atoms with Gasteiger partial charge in [0.2, 0.25) is 5.91 Å². The normalized spacial score (nSPS) is 27.6. The molecule has 0 spiro atoms. The molecule has 5 rings (SSSR count). The van der Waals surface area contributed by atoms with Gasteiger partial charge < -0.3 is 5.32 Å². The molecule has 0 radical (unpaired) electrons. The molecule has 1 N–H and O–H groups in total. The van der Waals surface area contributed by atoms with E-state index in [-0.39, 0.29) is 5.91 Å². The third kappa shape index (κ3) is 2.94. The third-order valence-corrected chi connectivity index (χ3v) is 6.12. The number of anilines is 1. The van der Waals surface area contributed by atoms with Crippen LogP contribution in [0.5, 0.6) is 0 Å². The van der Waals surface area contributed by atoms with E-state index < -0.39 is 0 Å². The number of hydrogen-bond donors (Lipinski definition) is 1. The molecule has 130 valence electrons. The topological polar surface area (TPSA) is 72.7 Å². The van der Waals surface area contributed by atoms with Crippen LogP contribution < -0.4 is 5.32 Å². The van der Waals surface area contributed by atoms with Crippen LogP contribution >= 0.6 is 0 Å². The minimum atomic E-state index is 0.136. The first-order valence-electron chi connectivity index (χ1n) is 9.44. The van der Waals surface area contributed by atoms with Gasteiger partial charge in [0.05, 0.1) is 6.04 Å². The highest BCUT2D eigenvalue weighted by Gasteiger charge is 2.40. The molecule has 3 saturated carbocycles. The van der Waals surface area contributed by atoms with Crippen molar-refractivity contribution in [2.75, 3.05) is 5.32 Å². The number of fused-ring (bicyclic) bond motifs is 2. The number of aromatic nitrogens is 4. The Balaban J connectivity index is 1.28. The molecule has 2 bridgehead atoms. The summed E-state index contributed by atoms with van der Waals surface area (Å²) in [6.45, 7) is 0. The zero-order chi connectivity index (χ0) is 16.8. The molecule has 25 heavy (non-hydrogen) atoms. The summed E-state index contributed by atoms with van der Waals surface area (Å²) in [6, 6.07) is 8.29. The van der Waals surface area contributed by atoms with Crippen LogP contribution in [0.3, 0.4) is 0 Å². The maximum atomic E-state index is 12.5. The first-order chi connectivity index (χ1) is 12.3. The van der Waals surface area contributed by atoms with Gasteiger partial charge in [0.15, 0.2) is 5.82 Å². The number of benzene rings is 1. The molecule has 2 aromatic rings. The van der Waals surface area contributed by atoms with Crippen molar-refractivity contribution in [1.29, 1.82) is 0 Å². The summed E-state index contributed by atoms with van der Waals surface area (Å²) >= 11 is 0. The van der Waals surface area contributed by atoms with Crippen LogP contribution in [0.2, 0.25) is 0 Å². The Hall–Kier alpha value is -2.24. The average Bonchev–Trinajstić information content (AvgIpc) is 3.03. The Morgan fingerprint density at radius 3 is 2.88 bits per heavy atom.